The van der Waals surface area contributed by atoms with Crippen LogP contribution in [0.15, 0.2) is 61.0 Å². The highest BCUT2D eigenvalue weighted by molar-refractivity contribution is 5.99. The SMILES string of the molecule is C=C(C(=O)N1C=CCC1C(N)=O)C12CC3CC(CC(O)(C3)C1)C2.[C-]#[N+]C1CC2CC2N1C(=O)C(=C)C12CC3CC(CC(O)(C3)C1)C2.[C-]#[N+]C1CC=CN1C(=O)C(=C)C12CC3CC(CC(O)(C3)C1)C2. The van der Waals surface area contributed by atoms with Crippen molar-refractivity contribution in [1.82, 2.24) is 14.7 Å². The van der Waals surface area contributed by atoms with Gasteiger partial charge in [0.15, 0.2) is 0 Å². The van der Waals surface area contributed by atoms with Gasteiger partial charge in [0, 0.05) is 57.8 Å². The van der Waals surface area contributed by atoms with Crippen molar-refractivity contribution >= 4 is 23.6 Å². The zero-order valence-electron chi connectivity index (χ0n) is 39.6. The quantitative estimate of drug-likeness (QED) is 0.156. The lowest BCUT2D eigenvalue weighted by atomic mass is 9.46. The molecule has 14 fully saturated rings. The molecule has 16 rings (SSSR count). The summed E-state index contributed by atoms with van der Waals surface area (Å²) in [6.07, 6.45) is 26.1. The van der Waals surface area contributed by atoms with Gasteiger partial charge in [0.05, 0.1) is 23.2 Å². The fourth-order valence-corrected chi connectivity index (χ4v) is 18.5. The van der Waals surface area contributed by atoms with Gasteiger partial charge in [0.2, 0.25) is 5.91 Å². The van der Waals surface area contributed by atoms with Crippen LogP contribution in [-0.4, -0.2) is 94.9 Å². The molecule has 16 aliphatic rings. The maximum atomic E-state index is 13.2. The van der Waals surface area contributed by atoms with Crippen molar-refractivity contribution in [2.75, 3.05) is 0 Å². The average Bonchev–Trinajstić information content (AvgIpc) is 3.59. The topological polar surface area (TPSA) is 173 Å². The Labute approximate surface area is 401 Å². The number of nitrogens with two attached hydrogens (primary N) is 1. The number of hydrogen-bond donors (Lipinski definition) is 4. The molecule has 13 aliphatic carbocycles. The molecule has 13 saturated carbocycles. The van der Waals surface area contributed by atoms with E-state index in [1.807, 2.05) is 11.0 Å². The summed E-state index contributed by atoms with van der Waals surface area (Å²) >= 11 is 0. The van der Waals surface area contributed by atoms with E-state index in [-0.39, 0.29) is 46.2 Å². The van der Waals surface area contributed by atoms with Crippen molar-refractivity contribution in [1.29, 1.82) is 0 Å². The van der Waals surface area contributed by atoms with Gasteiger partial charge in [0.25, 0.3) is 17.7 Å². The lowest BCUT2D eigenvalue weighted by Crippen LogP contribution is -2.57. The number of aliphatic hydroxyl groups is 3. The van der Waals surface area contributed by atoms with Crippen molar-refractivity contribution in [2.45, 2.75) is 182 Å². The smallest absolute Gasteiger partial charge is 0.307 e. The minimum Gasteiger partial charge on any atom is -0.390 e. The second kappa shape index (κ2) is 15.7. The molecular formula is C55H70N6O7. The predicted molar refractivity (Wildman–Crippen MR) is 252 cm³/mol. The second-order valence-corrected chi connectivity index (χ2v) is 25.1. The summed E-state index contributed by atoms with van der Waals surface area (Å²) in [6, 6.07) is -0.313. The van der Waals surface area contributed by atoms with Gasteiger partial charge >= 0.3 is 12.3 Å². The standard InChI is InChI=1S/C19H24N2O2.C18H24N2O3.C18H22N2O2/c1-11(17(22)21-15-4-14(15)5-16(21)20-2)18-6-12-3-13(7-18)9-19(23,8-12)10-18;1-11(16(22)20-4-2-3-14(20)15(19)21)17-6-12-5-13(7-17)9-18(23,8-12)10-17;1-12(16(21)20-5-3-4-15(20)19-2)17-7-13-6-14(8-17)10-18(22,9-13)11-17/h12-16,23H,1,3-10H2;2,4,12-14,23H,1,3,5-10H2,(H2,19,21);3,5,13-15,22H,1,4,6-11H2. The monoisotopic (exact) mass is 927 g/mol. The third kappa shape index (κ3) is 7.46. The Hall–Kier alpha value is -4.56. The third-order valence-electron chi connectivity index (χ3n) is 20.1. The number of hydrogen-bond acceptors (Lipinski definition) is 7. The maximum Gasteiger partial charge on any atom is 0.307 e. The molecule has 0 spiro atoms. The summed E-state index contributed by atoms with van der Waals surface area (Å²) in [4.78, 5) is 62.6. The summed E-state index contributed by atoms with van der Waals surface area (Å²) in [5.41, 5.74) is 4.77. The van der Waals surface area contributed by atoms with E-state index in [1.54, 1.807) is 18.5 Å². The van der Waals surface area contributed by atoms with Gasteiger partial charge in [-0.1, -0.05) is 31.9 Å². The molecule has 362 valence electrons. The van der Waals surface area contributed by atoms with E-state index in [0.717, 1.165) is 89.9 Å². The van der Waals surface area contributed by atoms with Crippen LogP contribution in [0.25, 0.3) is 9.69 Å². The molecule has 12 bridgehead atoms. The Bertz CT molecular complexity index is 2370. The molecule has 11 atom stereocenters. The maximum absolute atomic E-state index is 13.2. The third-order valence-corrected chi connectivity index (χ3v) is 20.1. The summed E-state index contributed by atoms with van der Waals surface area (Å²) < 4.78 is 0. The molecule has 11 unspecified atom stereocenters. The summed E-state index contributed by atoms with van der Waals surface area (Å²) in [5, 5.41) is 32.6. The Balaban J connectivity index is 0.000000112. The van der Waals surface area contributed by atoms with Gasteiger partial charge in [-0.05, 0) is 170 Å². The van der Waals surface area contributed by atoms with Crippen LogP contribution in [0.2, 0.25) is 0 Å². The van der Waals surface area contributed by atoms with E-state index in [0.29, 0.717) is 90.2 Å². The Kier molecular flexibility index (Phi) is 10.6. The van der Waals surface area contributed by atoms with Crippen molar-refractivity contribution in [2.24, 2.45) is 63.4 Å². The minimum atomic E-state index is -0.628. The molecule has 0 radical (unpaired) electrons. The van der Waals surface area contributed by atoms with Gasteiger partial charge in [-0.25, -0.2) is 18.0 Å². The fraction of sp³-hybridized carbons (Fsp3) is 0.709. The first kappa shape index (κ1) is 45.9. The average molecular weight is 927 g/mol. The molecule has 13 heteroatoms. The van der Waals surface area contributed by atoms with E-state index in [4.69, 9.17) is 18.9 Å². The largest absolute Gasteiger partial charge is 0.390 e. The molecule has 1 saturated heterocycles. The molecule has 0 aromatic heterocycles. The highest BCUT2D eigenvalue weighted by atomic mass is 16.3. The molecule has 68 heavy (non-hydrogen) atoms. The molecule has 0 aromatic rings. The van der Waals surface area contributed by atoms with Crippen molar-refractivity contribution in [3.63, 3.8) is 0 Å². The van der Waals surface area contributed by atoms with Gasteiger partial charge < -0.3 is 26.0 Å². The highest BCUT2D eigenvalue weighted by Crippen LogP contribution is 2.67. The van der Waals surface area contributed by atoms with Gasteiger partial charge in [-0.3, -0.25) is 33.8 Å². The molecule has 3 heterocycles. The first-order valence-corrected chi connectivity index (χ1v) is 25.8. The normalized spacial score (nSPS) is 47.1. The number of fused-ring (bicyclic) bond motifs is 1. The van der Waals surface area contributed by atoms with E-state index >= 15 is 0 Å². The van der Waals surface area contributed by atoms with E-state index < -0.39 is 34.9 Å². The number of carbonyl (C=O) groups is 4. The van der Waals surface area contributed by atoms with Crippen LogP contribution in [0.1, 0.15) is 141 Å². The Morgan fingerprint density at radius 3 is 1.31 bits per heavy atom. The second-order valence-electron chi connectivity index (χ2n) is 25.1. The van der Waals surface area contributed by atoms with Crippen LogP contribution in [-0.2, 0) is 19.2 Å². The van der Waals surface area contributed by atoms with E-state index in [9.17, 15) is 34.5 Å². The molecule has 13 nitrogen and oxygen atoms in total. The Morgan fingerprint density at radius 1 is 0.529 bits per heavy atom. The van der Waals surface area contributed by atoms with Crippen molar-refractivity contribution in [3.05, 3.63) is 83.8 Å². The number of nitrogens with zero attached hydrogens (tertiary/aromatic N) is 5. The molecule has 3 aliphatic heterocycles. The van der Waals surface area contributed by atoms with Crippen molar-refractivity contribution < 1.29 is 34.5 Å². The number of primary amides is 1. The zero-order valence-corrected chi connectivity index (χ0v) is 39.6. The lowest BCUT2D eigenvalue weighted by Gasteiger charge is -2.60. The van der Waals surface area contributed by atoms with Gasteiger partial charge in [-0.15, -0.1) is 0 Å². The first-order valence-electron chi connectivity index (χ1n) is 25.8. The number of amides is 4. The van der Waals surface area contributed by atoms with Gasteiger partial charge in [-0.2, -0.15) is 0 Å². The summed E-state index contributed by atoms with van der Waals surface area (Å²) in [5.74, 6) is 2.91. The predicted octanol–water partition coefficient (Wildman–Crippen LogP) is 7.08. The zero-order chi connectivity index (χ0) is 47.9. The summed E-state index contributed by atoms with van der Waals surface area (Å²) in [6.45, 7) is 27.1. The van der Waals surface area contributed by atoms with Gasteiger partial charge in [0.1, 0.15) is 6.04 Å². The molecule has 0 aromatic carbocycles. The lowest BCUT2D eigenvalue weighted by molar-refractivity contribution is -0.158. The first-order chi connectivity index (χ1) is 32.2. The highest BCUT2D eigenvalue weighted by Gasteiger charge is 2.64. The van der Waals surface area contributed by atoms with Crippen LogP contribution in [0, 0.1) is 70.8 Å². The Morgan fingerprint density at radius 2 is 0.912 bits per heavy atom. The number of piperidine rings is 1. The number of likely N-dealkylation sites (tertiary alicyclic amines) is 1. The van der Waals surface area contributed by atoms with E-state index in [2.05, 4.69) is 29.4 Å². The van der Waals surface area contributed by atoms with Crippen LogP contribution in [0.3, 0.4) is 0 Å². The van der Waals surface area contributed by atoms with Crippen LogP contribution in [0.5, 0.6) is 0 Å². The van der Waals surface area contributed by atoms with Crippen LogP contribution < -0.4 is 5.73 Å². The van der Waals surface area contributed by atoms with Crippen LogP contribution in [0.4, 0.5) is 0 Å². The van der Waals surface area contributed by atoms with E-state index in [1.165, 1.54) is 29.1 Å². The number of rotatable bonds is 7. The molecule has 5 N–H and O–H groups in total. The summed E-state index contributed by atoms with van der Waals surface area (Å²) in [7, 11) is 0. The number of carbonyl (C=O) groups excluding carboxylic acids is 4. The fourth-order valence-electron chi connectivity index (χ4n) is 18.5. The molecular weight excluding hydrogens is 857 g/mol. The molecule has 4 amide bonds. The van der Waals surface area contributed by atoms with Crippen LogP contribution >= 0.6 is 0 Å². The minimum absolute atomic E-state index is 0.0153. The van der Waals surface area contributed by atoms with Crippen molar-refractivity contribution in [3.8, 4) is 0 Å².